The van der Waals surface area contributed by atoms with Crippen LogP contribution in [0.15, 0.2) is 0 Å². The van der Waals surface area contributed by atoms with E-state index in [1.807, 2.05) is 6.92 Å². The summed E-state index contributed by atoms with van der Waals surface area (Å²) in [7, 11) is 5.69. The first-order chi connectivity index (χ1) is 6.56. The predicted octanol–water partition coefficient (Wildman–Crippen LogP) is 3.16. The molecule has 3 unspecified atom stereocenters. The zero-order valence-corrected chi connectivity index (χ0v) is 10.3. The number of unbranched alkanes of at least 4 members (excludes halogenated alkanes) is 1. The number of hydrogen-bond donors (Lipinski definition) is 1. The van der Waals surface area contributed by atoms with Crippen LogP contribution in [-0.4, -0.2) is 20.4 Å². The van der Waals surface area contributed by atoms with Gasteiger partial charge in [0.1, 0.15) is 0 Å². The molecule has 0 saturated carbocycles. The van der Waals surface area contributed by atoms with E-state index < -0.39 is 0 Å². The molecule has 0 heterocycles. The van der Waals surface area contributed by atoms with Crippen LogP contribution in [0, 0.1) is 5.92 Å². The van der Waals surface area contributed by atoms with Crippen molar-refractivity contribution in [3.05, 3.63) is 0 Å². The highest BCUT2D eigenvalue weighted by Crippen LogP contribution is 2.14. The third kappa shape index (κ3) is 8.62. The summed E-state index contributed by atoms with van der Waals surface area (Å²) >= 11 is 0. The lowest BCUT2D eigenvalue weighted by molar-refractivity contribution is 0.394. The smallest absolute Gasteiger partial charge is 0.0713 e. The molecule has 3 atom stereocenters. The molecule has 0 aliphatic heterocycles. The molecule has 14 heavy (non-hydrogen) atoms. The molecule has 82 valence electrons. The van der Waals surface area contributed by atoms with Crippen LogP contribution in [0.1, 0.15) is 53.4 Å². The fourth-order valence-corrected chi connectivity index (χ4v) is 1.74. The van der Waals surface area contributed by atoms with Crippen molar-refractivity contribution in [1.29, 1.82) is 0 Å². The summed E-state index contributed by atoms with van der Waals surface area (Å²) in [6, 6.07) is 0.604. The lowest BCUT2D eigenvalue weighted by Gasteiger charge is -2.19. The normalized spacial score (nSPS) is 17.7. The molecule has 0 aliphatic carbocycles. The van der Waals surface area contributed by atoms with Crippen LogP contribution in [0.3, 0.4) is 0 Å². The maximum Gasteiger partial charge on any atom is 0.0713 e. The summed E-state index contributed by atoms with van der Waals surface area (Å²) in [6.07, 6.45) is 5.31. The van der Waals surface area contributed by atoms with Crippen LogP contribution < -0.4 is 5.32 Å². The van der Waals surface area contributed by atoms with Crippen molar-refractivity contribution >= 4 is 7.85 Å². The number of hydrogen-bond acceptors (Lipinski definition) is 1. The Labute approximate surface area is 91.5 Å². The van der Waals surface area contributed by atoms with Crippen LogP contribution in [0.5, 0.6) is 0 Å². The maximum absolute atomic E-state index is 5.69. The quantitative estimate of drug-likeness (QED) is 0.586. The highest BCUT2D eigenvalue weighted by atomic mass is 14.9. The van der Waals surface area contributed by atoms with E-state index in [0.717, 1.165) is 12.5 Å². The van der Waals surface area contributed by atoms with Crippen molar-refractivity contribution in [1.82, 2.24) is 5.32 Å². The second-order valence-electron chi connectivity index (χ2n) is 4.77. The van der Waals surface area contributed by atoms with Gasteiger partial charge in [0.2, 0.25) is 0 Å². The second-order valence-corrected chi connectivity index (χ2v) is 4.77. The molecule has 0 aromatic rings. The minimum Gasteiger partial charge on any atom is -0.315 e. The Bertz CT molecular complexity index is 125. The summed E-state index contributed by atoms with van der Waals surface area (Å²) in [5.41, 5.74) is 0. The van der Waals surface area contributed by atoms with E-state index in [9.17, 15) is 0 Å². The minimum absolute atomic E-state index is 0.267. The van der Waals surface area contributed by atoms with Gasteiger partial charge in [-0.2, -0.15) is 0 Å². The van der Waals surface area contributed by atoms with Crippen molar-refractivity contribution < 1.29 is 0 Å². The molecule has 0 aliphatic rings. The van der Waals surface area contributed by atoms with Gasteiger partial charge < -0.3 is 5.32 Å². The van der Waals surface area contributed by atoms with E-state index in [4.69, 9.17) is 7.85 Å². The molecule has 1 N–H and O–H groups in total. The van der Waals surface area contributed by atoms with Gasteiger partial charge in [-0.1, -0.05) is 45.9 Å². The van der Waals surface area contributed by atoms with Crippen LogP contribution in [0.4, 0.5) is 0 Å². The van der Waals surface area contributed by atoms with E-state index in [0.29, 0.717) is 6.04 Å². The number of rotatable bonds is 8. The first-order valence-electron chi connectivity index (χ1n) is 6.05. The van der Waals surface area contributed by atoms with Crippen LogP contribution in [-0.2, 0) is 0 Å². The van der Waals surface area contributed by atoms with Crippen molar-refractivity contribution in [2.45, 2.75) is 65.2 Å². The Balaban J connectivity index is 3.44. The van der Waals surface area contributed by atoms with Crippen LogP contribution in [0.2, 0.25) is 5.82 Å². The van der Waals surface area contributed by atoms with E-state index in [-0.39, 0.29) is 5.82 Å². The van der Waals surface area contributed by atoms with Crippen molar-refractivity contribution in [2.75, 3.05) is 6.54 Å². The topological polar surface area (TPSA) is 12.0 Å². The van der Waals surface area contributed by atoms with Crippen molar-refractivity contribution in [3.8, 4) is 0 Å². The van der Waals surface area contributed by atoms with E-state index in [1.165, 1.54) is 25.7 Å². The molecule has 0 fully saturated rings. The van der Waals surface area contributed by atoms with Gasteiger partial charge in [-0.15, -0.1) is 0 Å². The average Bonchev–Trinajstić information content (AvgIpc) is 2.11. The monoisotopic (exact) mass is 195 g/mol. The van der Waals surface area contributed by atoms with E-state index in [1.54, 1.807) is 0 Å². The molecule has 0 aromatic carbocycles. The van der Waals surface area contributed by atoms with Gasteiger partial charge in [-0.3, -0.25) is 0 Å². The first-order valence-corrected chi connectivity index (χ1v) is 6.05. The Morgan fingerprint density at radius 3 is 2.36 bits per heavy atom. The molecule has 0 saturated heterocycles. The summed E-state index contributed by atoms with van der Waals surface area (Å²) in [4.78, 5) is 0. The molecule has 0 spiro atoms. The Hall–Kier alpha value is 0.0249. The highest BCUT2D eigenvalue weighted by Gasteiger charge is 2.07. The summed E-state index contributed by atoms with van der Waals surface area (Å²) < 4.78 is 0. The van der Waals surface area contributed by atoms with Gasteiger partial charge in [0.25, 0.3) is 0 Å². The summed E-state index contributed by atoms with van der Waals surface area (Å²) in [6.45, 7) is 9.83. The third-order valence-corrected chi connectivity index (χ3v) is 2.59. The highest BCUT2D eigenvalue weighted by molar-refractivity contribution is 6.11. The molecule has 2 heteroatoms. The molecular weight excluding hydrogens is 169 g/mol. The van der Waals surface area contributed by atoms with E-state index >= 15 is 0 Å². The number of nitrogens with one attached hydrogen (secondary N) is 1. The van der Waals surface area contributed by atoms with Gasteiger partial charge in [-0.25, -0.2) is 0 Å². The summed E-state index contributed by atoms with van der Waals surface area (Å²) in [5.74, 6) is 1.11. The molecule has 1 nitrogen and oxygen atoms in total. The minimum atomic E-state index is 0.267. The van der Waals surface area contributed by atoms with Crippen LogP contribution in [0.25, 0.3) is 0 Å². The Morgan fingerprint density at radius 2 is 1.86 bits per heavy atom. The Morgan fingerprint density at radius 1 is 1.21 bits per heavy atom. The largest absolute Gasteiger partial charge is 0.315 e. The molecular formula is C12H26BN. The van der Waals surface area contributed by atoms with E-state index in [2.05, 4.69) is 26.1 Å². The molecule has 2 radical (unpaired) electrons. The standard InChI is InChI=1S/C12H26BN/c1-5-6-7-10(2)8-12(4)14-9-11(3)13/h10-12,14H,5-9H2,1-4H3. The van der Waals surface area contributed by atoms with Gasteiger partial charge in [-0.05, 0) is 25.8 Å². The second kappa shape index (κ2) is 8.34. The molecule has 0 aromatic heterocycles. The maximum atomic E-state index is 5.69. The zero-order chi connectivity index (χ0) is 11.0. The van der Waals surface area contributed by atoms with Crippen LogP contribution >= 0.6 is 0 Å². The lowest BCUT2D eigenvalue weighted by Crippen LogP contribution is -2.30. The molecule has 0 bridgehead atoms. The predicted molar refractivity (Wildman–Crippen MR) is 65.9 cm³/mol. The lowest BCUT2D eigenvalue weighted by atomic mass is 9.89. The fraction of sp³-hybridized carbons (Fsp3) is 1.00. The zero-order valence-electron chi connectivity index (χ0n) is 10.3. The van der Waals surface area contributed by atoms with Gasteiger partial charge >= 0.3 is 0 Å². The average molecular weight is 195 g/mol. The first kappa shape index (κ1) is 14.0. The molecule has 0 amide bonds. The Kier molecular flexibility index (Phi) is 8.36. The van der Waals surface area contributed by atoms with Gasteiger partial charge in [0.05, 0.1) is 7.85 Å². The van der Waals surface area contributed by atoms with Gasteiger partial charge in [0.15, 0.2) is 0 Å². The third-order valence-electron chi connectivity index (χ3n) is 2.59. The summed E-state index contributed by atoms with van der Waals surface area (Å²) in [5, 5.41) is 3.46. The van der Waals surface area contributed by atoms with Gasteiger partial charge in [0, 0.05) is 6.04 Å². The van der Waals surface area contributed by atoms with Crippen molar-refractivity contribution in [2.24, 2.45) is 5.92 Å². The molecule has 0 rings (SSSR count). The fourth-order valence-electron chi connectivity index (χ4n) is 1.74. The SMILES string of the molecule is [B]C(C)CNC(C)CC(C)CCCC. The van der Waals surface area contributed by atoms with Crippen molar-refractivity contribution in [3.63, 3.8) is 0 Å².